The van der Waals surface area contributed by atoms with Crippen LogP contribution in [0, 0.1) is 6.92 Å². The standard InChI is InChI=1S/C8H10OS/c1-6-3-4-7(10)5-8(6)9-2/h3-5,10H,1-2H3. The zero-order chi connectivity index (χ0) is 7.56. The largest absolute Gasteiger partial charge is 0.496 e. The molecule has 2 heteroatoms. The number of thiol groups is 1. The molecule has 0 saturated heterocycles. The summed E-state index contributed by atoms with van der Waals surface area (Å²) in [6.07, 6.45) is 0. The number of hydrogen-bond donors (Lipinski definition) is 1. The molecule has 10 heavy (non-hydrogen) atoms. The summed E-state index contributed by atoms with van der Waals surface area (Å²) in [5.41, 5.74) is 1.14. The van der Waals surface area contributed by atoms with Gasteiger partial charge < -0.3 is 4.74 Å². The molecule has 0 radical (unpaired) electrons. The van der Waals surface area contributed by atoms with Gasteiger partial charge in [0.25, 0.3) is 0 Å². The molecule has 0 saturated carbocycles. The highest BCUT2D eigenvalue weighted by atomic mass is 32.1. The maximum Gasteiger partial charge on any atom is 0.122 e. The SMILES string of the molecule is COc1cc(S)ccc1C. The molecule has 0 unspecified atom stereocenters. The summed E-state index contributed by atoms with van der Waals surface area (Å²) < 4.78 is 5.08. The number of benzene rings is 1. The molecule has 54 valence electrons. The van der Waals surface area contributed by atoms with E-state index in [0.29, 0.717) is 0 Å². The van der Waals surface area contributed by atoms with Crippen molar-refractivity contribution in [2.24, 2.45) is 0 Å². The molecular formula is C8H10OS. The van der Waals surface area contributed by atoms with Gasteiger partial charge in [0.1, 0.15) is 5.75 Å². The average molecular weight is 154 g/mol. The predicted octanol–water partition coefficient (Wildman–Crippen LogP) is 2.29. The van der Waals surface area contributed by atoms with Gasteiger partial charge in [-0.05, 0) is 24.6 Å². The van der Waals surface area contributed by atoms with Crippen molar-refractivity contribution in [3.63, 3.8) is 0 Å². The lowest BCUT2D eigenvalue weighted by Crippen LogP contribution is -1.85. The number of ether oxygens (including phenoxy) is 1. The van der Waals surface area contributed by atoms with Crippen LogP contribution in [0.5, 0.6) is 5.75 Å². The highest BCUT2D eigenvalue weighted by Crippen LogP contribution is 2.20. The van der Waals surface area contributed by atoms with Gasteiger partial charge in [0.2, 0.25) is 0 Å². The van der Waals surface area contributed by atoms with Crippen molar-refractivity contribution in [1.82, 2.24) is 0 Å². The van der Waals surface area contributed by atoms with E-state index in [1.54, 1.807) is 7.11 Å². The Labute approximate surface area is 66.4 Å². The maximum atomic E-state index is 5.08. The van der Waals surface area contributed by atoms with Gasteiger partial charge in [0.05, 0.1) is 7.11 Å². The smallest absolute Gasteiger partial charge is 0.122 e. The van der Waals surface area contributed by atoms with Gasteiger partial charge in [-0.2, -0.15) is 0 Å². The third kappa shape index (κ3) is 1.45. The molecule has 1 aromatic carbocycles. The fourth-order valence-electron chi connectivity index (χ4n) is 0.809. The Morgan fingerprint density at radius 3 is 2.60 bits per heavy atom. The van der Waals surface area contributed by atoms with Crippen molar-refractivity contribution in [3.05, 3.63) is 23.8 Å². The fraction of sp³-hybridized carbons (Fsp3) is 0.250. The first-order chi connectivity index (χ1) is 4.74. The Hall–Kier alpha value is -0.630. The van der Waals surface area contributed by atoms with E-state index in [1.807, 2.05) is 25.1 Å². The summed E-state index contributed by atoms with van der Waals surface area (Å²) in [6.45, 7) is 2.01. The number of rotatable bonds is 1. The number of aryl methyl sites for hydroxylation is 1. The molecule has 0 amide bonds. The van der Waals surface area contributed by atoms with Crippen molar-refractivity contribution in [1.29, 1.82) is 0 Å². The van der Waals surface area contributed by atoms with Gasteiger partial charge in [-0.25, -0.2) is 0 Å². The lowest BCUT2D eigenvalue weighted by molar-refractivity contribution is 0.410. The van der Waals surface area contributed by atoms with Crippen molar-refractivity contribution < 1.29 is 4.74 Å². The van der Waals surface area contributed by atoms with Crippen LogP contribution in [0.3, 0.4) is 0 Å². The Bertz CT molecular complexity index is 233. The van der Waals surface area contributed by atoms with Crippen LogP contribution in [-0.4, -0.2) is 7.11 Å². The Morgan fingerprint density at radius 2 is 2.10 bits per heavy atom. The summed E-state index contributed by atoms with van der Waals surface area (Å²) in [4.78, 5) is 0.933. The second-order valence-corrected chi connectivity index (χ2v) is 2.67. The van der Waals surface area contributed by atoms with E-state index in [1.165, 1.54) is 0 Å². The molecular weight excluding hydrogens is 144 g/mol. The molecule has 0 spiro atoms. The van der Waals surface area contributed by atoms with E-state index in [9.17, 15) is 0 Å². The van der Waals surface area contributed by atoms with E-state index in [0.717, 1.165) is 16.2 Å². The molecule has 0 aliphatic carbocycles. The van der Waals surface area contributed by atoms with Crippen LogP contribution in [0.4, 0.5) is 0 Å². The summed E-state index contributed by atoms with van der Waals surface area (Å²) in [5, 5.41) is 0. The average Bonchev–Trinajstić information content (AvgIpc) is 1.94. The Kier molecular flexibility index (Phi) is 2.22. The first kappa shape index (κ1) is 7.48. The predicted molar refractivity (Wildman–Crippen MR) is 45.0 cm³/mol. The van der Waals surface area contributed by atoms with Gasteiger partial charge >= 0.3 is 0 Å². The molecule has 0 N–H and O–H groups in total. The van der Waals surface area contributed by atoms with Gasteiger partial charge in [-0.1, -0.05) is 6.07 Å². The minimum atomic E-state index is 0.896. The summed E-state index contributed by atoms with van der Waals surface area (Å²) in [6, 6.07) is 5.83. The van der Waals surface area contributed by atoms with E-state index in [4.69, 9.17) is 4.74 Å². The van der Waals surface area contributed by atoms with Crippen LogP contribution in [0.25, 0.3) is 0 Å². The number of methoxy groups -OCH3 is 1. The summed E-state index contributed by atoms with van der Waals surface area (Å²) in [7, 11) is 1.66. The number of hydrogen-bond acceptors (Lipinski definition) is 2. The van der Waals surface area contributed by atoms with Gasteiger partial charge in [-0.15, -0.1) is 12.6 Å². The zero-order valence-corrected chi connectivity index (χ0v) is 6.98. The molecule has 0 fully saturated rings. The van der Waals surface area contributed by atoms with Gasteiger partial charge in [-0.3, -0.25) is 0 Å². The van der Waals surface area contributed by atoms with Gasteiger partial charge in [0.15, 0.2) is 0 Å². The molecule has 0 bridgehead atoms. The topological polar surface area (TPSA) is 9.23 Å². The molecule has 0 atom stereocenters. The molecule has 1 rings (SSSR count). The molecule has 0 aromatic heterocycles. The van der Waals surface area contributed by atoms with E-state index in [-0.39, 0.29) is 0 Å². The Balaban J connectivity index is 3.09. The second kappa shape index (κ2) is 2.97. The quantitative estimate of drug-likeness (QED) is 0.611. The zero-order valence-electron chi connectivity index (χ0n) is 6.09. The molecule has 1 nitrogen and oxygen atoms in total. The van der Waals surface area contributed by atoms with Crippen molar-refractivity contribution in [2.75, 3.05) is 7.11 Å². The fourth-order valence-corrected chi connectivity index (χ4v) is 1.00. The van der Waals surface area contributed by atoms with E-state index < -0.39 is 0 Å². The van der Waals surface area contributed by atoms with Crippen molar-refractivity contribution >= 4 is 12.6 Å². The maximum absolute atomic E-state index is 5.08. The minimum absolute atomic E-state index is 0.896. The lowest BCUT2D eigenvalue weighted by Gasteiger charge is -2.03. The van der Waals surface area contributed by atoms with Crippen LogP contribution in [0.2, 0.25) is 0 Å². The van der Waals surface area contributed by atoms with Crippen LogP contribution >= 0.6 is 12.6 Å². The molecule has 0 heterocycles. The highest BCUT2D eigenvalue weighted by Gasteiger charge is 1.95. The first-order valence-corrected chi connectivity index (χ1v) is 3.52. The second-order valence-electron chi connectivity index (χ2n) is 2.15. The first-order valence-electron chi connectivity index (χ1n) is 3.07. The molecule has 0 aliphatic rings. The minimum Gasteiger partial charge on any atom is -0.496 e. The molecule has 0 aliphatic heterocycles. The summed E-state index contributed by atoms with van der Waals surface area (Å²) >= 11 is 4.18. The van der Waals surface area contributed by atoms with E-state index >= 15 is 0 Å². The monoisotopic (exact) mass is 154 g/mol. The van der Waals surface area contributed by atoms with Crippen LogP contribution in [-0.2, 0) is 0 Å². The third-order valence-electron chi connectivity index (χ3n) is 1.39. The van der Waals surface area contributed by atoms with Crippen LogP contribution in [0.1, 0.15) is 5.56 Å². The lowest BCUT2D eigenvalue weighted by atomic mass is 10.2. The summed E-state index contributed by atoms with van der Waals surface area (Å²) in [5.74, 6) is 0.896. The van der Waals surface area contributed by atoms with Crippen molar-refractivity contribution in [3.8, 4) is 5.75 Å². The van der Waals surface area contributed by atoms with Crippen molar-refractivity contribution in [2.45, 2.75) is 11.8 Å². The van der Waals surface area contributed by atoms with E-state index in [2.05, 4.69) is 12.6 Å². The molecule has 1 aromatic rings. The van der Waals surface area contributed by atoms with Gasteiger partial charge in [0, 0.05) is 4.90 Å². The highest BCUT2D eigenvalue weighted by molar-refractivity contribution is 7.80. The third-order valence-corrected chi connectivity index (χ3v) is 1.67. The Morgan fingerprint density at radius 1 is 1.40 bits per heavy atom. The van der Waals surface area contributed by atoms with Crippen LogP contribution < -0.4 is 4.74 Å². The van der Waals surface area contributed by atoms with Crippen LogP contribution in [0.15, 0.2) is 23.1 Å². The normalized spacial score (nSPS) is 9.50.